The molecule has 0 aliphatic heterocycles. The number of halogens is 1. The number of aliphatic hydroxyl groups is 1. The number of benzene rings is 1. The Morgan fingerprint density at radius 3 is 2.73 bits per heavy atom. The lowest BCUT2D eigenvalue weighted by Crippen LogP contribution is -1.85. The van der Waals surface area contributed by atoms with Gasteiger partial charge < -0.3 is 5.11 Å². The quantitative estimate of drug-likeness (QED) is 0.803. The highest BCUT2D eigenvalue weighted by molar-refractivity contribution is 5.49. The van der Waals surface area contributed by atoms with Crippen LogP contribution >= 0.6 is 0 Å². The van der Waals surface area contributed by atoms with Gasteiger partial charge in [-0.2, -0.15) is 0 Å². The Hall–Kier alpha value is -1.15. The van der Waals surface area contributed by atoms with E-state index < -0.39 is 0 Å². The lowest BCUT2D eigenvalue weighted by Gasteiger charge is -1.93. The van der Waals surface area contributed by atoms with Crippen LogP contribution < -0.4 is 0 Å². The van der Waals surface area contributed by atoms with E-state index in [1.54, 1.807) is 12.1 Å². The van der Waals surface area contributed by atoms with E-state index in [2.05, 4.69) is 6.08 Å². The van der Waals surface area contributed by atoms with Crippen LogP contribution in [-0.2, 0) is 0 Å². The fraction of sp³-hybridized carbons (Fsp3) is 0.385. The van der Waals surface area contributed by atoms with Crippen molar-refractivity contribution in [3.8, 4) is 0 Å². The van der Waals surface area contributed by atoms with Crippen molar-refractivity contribution in [2.45, 2.75) is 12.8 Å². The molecule has 1 nitrogen and oxygen atoms in total. The maximum Gasteiger partial charge on any atom is 0.123 e. The Kier molecular flexibility index (Phi) is 3.17. The summed E-state index contributed by atoms with van der Waals surface area (Å²) in [7, 11) is 0. The highest BCUT2D eigenvalue weighted by atomic mass is 19.1. The fourth-order valence-corrected chi connectivity index (χ4v) is 1.81. The minimum absolute atomic E-state index is 0.197. The van der Waals surface area contributed by atoms with Crippen LogP contribution in [0.1, 0.15) is 18.4 Å². The first-order chi connectivity index (χ1) is 7.29. The van der Waals surface area contributed by atoms with Gasteiger partial charge in [0.15, 0.2) is 0 Å². The van der Waals surface area contributed by atoms with Crippen molar-refractivity contribution in [1.82, 2.24) is 0 Å². The lowest BCUT2D eigenvalue weighted by atomic mass is 10.1. The van der Waals surface area contributed by atoms with Crippen molar-refractivity contribution in [1.29, 1.82) is 0 Å². The van der Waals surface area contributed by atoms with E-state index in [-0.39, 0.29) is 12.4 Å². The highest BCUT2D eigenvalue weighted by Gasteiger charge is 2.33. The molecule has 1 aliphatic carbocycles. The number of allylic oxidation sites excluding steroid dienone is 1. The molecule has 1 aromatic rings. The van der Waals surface area contributed by atoms with Gasteiger partial charge in [0.2, 0.25) is 0 Å². The molecule has 1 aromatic carbocycles. The van der Waals surface area contributed by atoms with Gasteiger partial charge in [0.25, 0.3) is 0 Å². The Bertz CT molecular complexity index is 342. The Balaban J connectivity index is 1.87. The van der Waals surface area contributed by atoms with Gasteiger partial charge >= 0.3 is 0 Å². The maximum absolute atomic E-state index is 12.6. The zero-order valence-corrected chi connectivity index (χ0v) is 8.57. The third-order valence-corrected chi connectivity index (χ3v) is 2.88. The average molecular weight is 206 g/mol. The van der Waals surface area contributed by atoms with Crippen LogP contribution in [0.2, 0.25) is 0 Å². The monoisotopic (exact) mass is 206 g/mol. The largest absolute Gasteiger partial charge is 0.396 e. The first kappa shape index (κ1) is 10.4. The van der Waals surface area contributed by atoms with Crippen LogP contribution in [0.3, 0.4) is 0 Å². The Morgan fingerprint density at radius 1 is 1.33 bits per heavy atom. The third-order valence-electron chi connectivity index (χ3n) is 2.88. The van der Waals surface area contributed by atoms with Crippen LogP contribution in [0.25, 0.3) is 6.08 Å². The smallest absolute Gasteiger partial charge is 0.123 e. The number of aliphatic hydroxyl groups excluding tert-OH is 1. The molecule has 2 atom stereocenters. The van der Waals surface area contributed by atoms with Gasteiger partial charge in [-0.05, 0) is 42.4 Å². The standard InChI is InChI=1S/C13H15FO/c14-13-5-2-10(3-6-13)1-4-11-9-12(11)7-8-15/h1-6,11-12,15H,7-9H2/b4-1+/t11-,12-/m1/s1. The molecule has 2 rings (SSSR count). The Morgan fingerprint density at radius 2 is 2.07 bits per heavy atom. The van der Waals surface area contributed by atoms with E-state index in [0.29, 0.717) is 11.8 Å². The summed E-state index contributed by atoms with van der Waals surface area (Å²) in [6.45, 7) is 0.283. The summed E-state index contributed by atoms with van der Waals surface area (Å²) in [5, 5.41) is 8.74. The molecular formula is C13H15FO. The topological polar surface area (TPSA) is 20.2 Å². The van der Waals surface area contributed by atoms with Crippen LogP contribution in [0.4, 0.5) is 4.39 Å². The van der Waals surface area contributed by atoms with Gasteiger partial charge in [-0.15, -0.1) is 0 Å². The molecule has 0 unspecified atom stereocenters. The van der Waals surface area contributed by atoms with Crippen LogP contribution in [0, 0.1) is 17.7 Å². The first-order valence-corrected chi connectivity index (χ1v) is 5.34. The lowest BCUT2D eigenvalue weighted by molar-refractivity contribution is 0.278. The molecular weight excluding hydrogens is 191 g/mol. The molecule has 2 heteroatoms. The van der Waals surface area contributed by atoms with Crippen LogP contribution in [0.5, 0.6) is 0 Å². The van der Waals surface area contributed by atoms with Crippen molar-refractivity contribution in [3.05, 3.63) is 41.7 Å². The summed E-state index contributed by atoms with van der Waals surface area (Å²) in [6, 6.07) is 6.49. The summed E-state index contributed by atoms with van der Waals surface area (Å²) >= 11 is 0. The van der Waals surface area contributed by atoms with Crippen LogP contribution in [0.15, 0.2) is 30.3 Å². The first-order valence-electron chi connectivity index (χ1n) is 5.34. The fourth-order valence-electron chi connectivity index (χ4n) is 1.81. The van der Waals surface area contributed by atoms with Gasteiger partial charge in [-0.25, -0.2) is 4.39 Å². The molecule has 15 heavy (non-hydrogen) atoms. The summed E-state index contributed by atoms with van der Waals surface area (Å²) < 4.78 is 12.6. The molecule has 0 spiro atoms. The van der Waals surface area contributed by atoms with E-state index >= 15 is 0 Å². The van der Waals surface area contributed by atoms with E-state index in [4.69, 9.17) is 5.11 Å². The zero-order valence-electron chi connectivity index (χ0n) is 8.57. The SMILES string of the molecule is OCC[C@@H]1C[C@H]1/C=C/c1ccc(F)cc1. The molecule has 1 fully saturated rings. The van der Waals surface area contributed by atoms with Crippen molar-refractivity contribution in [2.24, 2.45) is 11.8 Å². The molecule has 0 aromatic heterocycles. The summed E-state index contributed by atoms with van der Waals surface area (Å²) in [5.74, 6) is 1.07. The van der Waals surface area contributed by atoms with E-state index in [0.717, 1.165) is 12.0 Å². The van der Waals surface area contributed by atoms with Gasteiger partial charge in [0.1, 0.15) is 5.82 Å². The second-order valence-electron chi connectivity index (χ2n) is 4.08. The minimum Gasteiger partial charge on any atom is -0.396 e. The van der Waals surface area contributed by atoms with Gasteiger partial charge in [0, 0.05) is 6.61 Å². The Labute approximate surface area is 89.3 Å². The molecule has 0 heterocycles. The molecule has 1 aliphatic rings. The third kappa shape index (κ3) is 2.90. The molecule has 1 saturated carbocycles. The summed E-state index contributed by atoms with van der Waals surface area (Å²) in [4.78, 5) is 0. The zero-order chi connectivity index (χ0) is 10.7. The molecule has 0 saturated heterocycles. The summed E-state index contributed by atoms with van der Waals surface area (Å²) in [6.07, 6.45) is 6.27. The second-order valence-corrected chi connectivity index (χ2v) is 4.08. The van der Waals surface area contributed by atoms with Crippen molar-refractivity contribution in [3.63, 3.8) is 0 Å². The van der Waals surface area contributed by atoms with E-state index in [1.165, 1.54) is 18.6 Å². The number of hydrogen-bond acceptors (Lipinski definition) is 1. The molecule has 0 bridgehead atoms. The number of hydrogen-bond donors (Lipinski definition) is 1. The van der Waals surface area contributed by atoms with Crippen molar-refractivity contribution >= 4 is 6.08 Å². The van der Waals surface area contributed by atoms with Crippen LogP contribution in [-0.4, -0.2) is 11.7 Å². The van der Waals surface area contributed by atoms with Gasteiger partial charge in [0.05, 0.1) is 0 Å². The van der Waals surface area contributed by atoms with E-state index in [1.807, 2.05) is 6.08 Å². The predicted molar refractivity (Wildman–Crippen MR) is 58.7 cm³/mol. The highest BCUT2D eigenvalue weighted by Crippen LogP contribution is 2.42. The van der Waals surface area contributed by atoms with E-state index in [9.17, 15) is 4.39 Å². The average Bonchev–Trinajstić information content (AvgIpc) is 2.97. The number of rotatable bonds is 4. The van der Waals surface area contributed by atoms with Crippen molar-refractivity contribution in [2.75, 3.05) is 6.61 Å². The van der Waals surface area contributed by atoms with Gasteiger partial charge in [-0.1, -0.05) is 24.3 Å². The maximum atomic E-state index is 12.6. The molecule has 0 radical (unpaired) electrons. The molecule has 0 amide bonds. The second kappa shape index (κ2) is 4.58. The molecule has 1 N–H and O–H groups in total. The molecule has 80 valence electrons. The normalized spacial score (nSPS) is 24.7. The van der Waals surface area contributed by atoms with Crippen molar-refractivity contribution < 1.29 is 9.50 Å². The predicted octanol–water partition coefficient (Wildman–Crippen LogP) is 2.86. The minimum atomic E-state index is -0.197. The van der Waals surface area contributed by atoms with Gasteiger partial charge in [-0.3, -0.25) is 0 Å². The summed E-state index contributed by atoms with van der Waals surface area (Å²) in [5.41, 5.74) is 1.03.